The van der Waals surface area contributed by atoms with E-state index in [-0.39, 0.29) is 24.6 Å². The highest BCUT2D eigenvalue weighted by Crippen LogP contribution is 2.18. The first kappa shape index (κ1) is 17.8. The summed E-state index contributed by atoms with van der Waals surface area (Å²) >= 11 is 0. The van der Waals surface area contributed by atoms with Crippen molar-refractivity contribution in [1.29, 1.82) is 0 Å². The summed E-state index contributed by atoms with van der Waals surface area (Å²) < 4.78 is 26.8. The van der Waals surface area contributed by atoms with Gasteiger partial charge in [-0.05, 0) is 36.8 Å². The highest BCUT2D eigenvalue weighted by atomic mass is 19.1. The van der Waals surface area contributed by atoms with Gasteiger partial charge in [-0.3, -0.25) is 9.59 Å². The van der Waals surface area contributed by atoms with Gasteiger partial charge in [0, 0.05) is 43.5 Å². The van der Waals surface area contributed by atoms with E-state index in [0.717, 1.165) is 17.7 Å². The van der Waals surface area contributed by atoms with Crippen molar-refractivity contribution in [3.8, 4) is 0 Å². The lowest BCUT2D eigenvalue weighted by Gasteiger charge is -2.35. The van der Waals surface area contributed by atoms with E-state index < -0.39 is 17.5 Å². The van der Waals surface area contributed by atoms with Crippen LogP contribution in [0.5, 0.6) is 0 Å². The number of carbonyl (C=O) groups is 2. The molecule has 0 atom stereocenters. The summed E-state index contributed by atoms with van der Waals surface area (Å²) in [5.74, 6) is -2.26. The Balaban J connectivity index is 1.68. The molecule has 0 radical (unpaired) electrons. The lowest BCUT2D eigenvalue weighted by molar-refractivity contribution is 0.0532. The number of nitrogen functional groups attached to an aromatic ring is 1. The van der Waals surface area contributed by atoms with Crippen LogP contribution in [0, 0.1) is 18.6 Å². The molecule has 136 valence electrons. The van der Waals surface area contributed by atoms with Crippen LogP contribution >= 0.6 is 0 Å². The predicted molar refractivity (Wildman–Crippen MR) is 93.8 cm³/mol. The molecule has 0 aromatic heterocycles. The first-order valence-electron chi connectivity index (χ1n) is 8.26. The quantitative estimate of drug-likeness (QED) is 0.838. The average molecular weight is 359 g/mol. The highest BCUT2D eigenvalue weighted by Gasteiger charge is 2.27. The molecule has 0 aliphatic carbocycles. The van der Waals surface area contributed by atoms with E-state index in [1.165, 1.54) is 4.90 Å². The van der Waals surface area contributed by atoms with Crippen LogP contribution in [0.25, 0.3) is 0 Å². The molecule has 0 unspecified atom stereocenters. The van der Waals surface area contributed by atoms with Gasteiger partial charge >= 0.3 is 0 Å². The molecule has 2 N–H and O–H groups in total. The van der Waals surface area contributed by atoms with E-state index in [1.54, 1.807) is 23.1 Å². The SMILES string of the molecule is Cc1ccc(N)cc1C(=O)N1CCN(C(=O)c2ccc(F)cc2F)CC1. The minimum Gasteiger partial charge on any atom is -0.399 e. The molecule has 0 spiro atoms. The molecule has 1 fully saturated rings. The molecular weight excluding hydrogens is 340 g/mol. The van der Waals surface area contributed by atoms with Gasteiger partial charge < -0.3 is 15.5 Å². The van der Waals surface area contributed by atoms with Crippen LogP contribution in [0.3, 0.4) is 0 Å². The molecule has 7 heteroatoms. The minimum absolute atomic E-state index is 0.144. The van der Waals surface area contributed by atoms with Gasteiger partial charge in [0.2, 0.25) is 0 Å². The third-order valence-corrected chi connectivity index (χ3v) is 4.51. The van der Waals surface area contributed by atoms with E-state index >= 15 is 0 Å². The Morgan fingerprint density at radius 1 is 0.885 bits per heavy atom. The zero-order chi connectivity index (χ0) is 18.8. The molecule has 26 heavy (non-hydrogen) atoms. The van der Waals surface area contributed by atoms with Crippen LogP contribution in [-0.4, -0.2) is 47.8 Å². The fourth-order valence-corrected chi connectivity index (χ4v) is 2.99. The first-order valence-corrected chi connectivity index (χ1v) is 8.26. The Bertz CT molecular complexity index is 862. The van der Waals surface area contributed by atoms with Gasteiger partial charge in [-0.1, -0.05) is 6.07 Å². The van der Waals surface area contributed by atoms with E-state index in [0.29, 0.717) is 30.4 Å². The molecule has 1 heterocycles. The molecule has 1 aliphatic heterocycles. The van der Waals surface area contributed by atoms with Crippen molar-refractivity contribution < 1.29 is 18.4 Å². The number of rotatable bonds is 2. The van der Waals surface area contributed by atoms with Crippen LogP contribution in [0.4, 0.5) is 14.5 Å². The molecule has 2 aromatic rings. The summed E-state index contributed by atoms with van der Waals surface area (Å²) in [6.07, 6.45) is 0. The molecule has 1 aliphatic rings. The molecule has 0 saturated carbocycles. The largest absolute Gasteiger partial charge is 0.399 e. The minimum atomic E-state index is -0.885. The number of piperazine rings is 1. The maximum atomic E-state index is 13.8. The Morgan fingerprint density at radius 2 is 1.46 bits per heavy atom. The van der Waals surface area contributed by atoms with Gasteiger partial charge in [-0.2, -0.15) is 0 Å². The van der Waals surface area contributed by atoms with E-state index in [1.807, 2.05) is 6.92 Å². The second-order valence-electron chi connectivity index (χ2n) is 6.28. The predicted octanol–water partition coefficient (Wildman–Crippen LogP) is 2.45. The number of anilines is 1. The Kier molecular flexibility index (Phi) is 4.88. The number of aryl methyl sites for hydroxylation is 1. The summed E-state index contributed by atoms with van der Waals surface area (Å²) in [5, 5.41) is 0. The topological polar surface area (TPSA) is 66.6 Å². The van der Waals surface area contributed by atoms with Gasteiger partial charge in [-0.15, -0.1) is 0 Å². The number of nitrogens with zero attached hydrogens (tertiary/aromatic N) is 2. The van der Waals surface area contributed by atoms with Crippen molar-refractivity contribution in [3.05, 3.63) is 64.7 Å². The zero-order valence-corrected chi connectivity index (χ0v) is 14.3. The van der Waals surface area contributed by atoms with Crippen molar-refractivity contribution in [3.63, 3.8) is 0 Å². The number of carbonyl (C=O) groups excluding carboxylic acids is 2. The number of hydrogen-bond donors (Lipinski definition) is 1. The zero-order valence-electron chi connectivity index (χ0n) is 14.3. The maximum Gasteiger partial charge on any atom is 0.256 e. The first-order chi connectivity index (χ1) is 12.4. The van der Waals surface area contributed by atoms with Crippen LogP contribution < -0.4 is 5.73 Å². The van der Waals surface area contributed by atoms with Crippen molar-refractivity contribution in [2.45, 2.75) is 6.92 Å². The number of halogens is 2. The van der Waals surface area contributed by atoms with E-state index in [9.17, 15) is 18.4 Å². The van der Waals surface area contributed by atoms with Crippen LogP contribution in [0.2, 0.25) is 0 Å². The summed E-state index contributed by atoms with van der Waals surface area (Å²) in [6, 6.07) is 8.05. The van der Waals surface area contributed by atoms with Gasteiger partial charge in [0.25, 0.3) is 11.8 Å². The summed E-state index contributed by atoms with van der Waals surface area (Å²) in [7, 11) is 0. The molecule has 0 bridgehead atoms. The Morgan fingerprint density at radius 3 is 2.04 bits per heavy atom. The van der Waals surface area contributed by atoms with Gasteiger partial charge in [0.15, 0.2) is 0 Å². The van der Waals surface area contributed by atoms with Crippen molar-refractivity contribution >= 4 is 17.5 Å². The van der Waals surface area contributed by atoms with Crippen LogP contribution in [-0.2, 0) is 0 Å². The van der Waals surface area contributed by atoms with Gasteiger partial charge in [-0.25, -0.2) is 8.78 Å². The highest BCUT2D eigenvalue weighted by molar-refractivity contribution is 5.97. The Hall–Kier alpha value is -2.96. The lowest BCUT2D eigenvalue weighted by atomic mass is 10.1. The van der Waals surface area contributed by atoms with E-state index in [2.05, 4.69) is 0 Å². The number of benzene rings is 2. The molecule has 3 rings (SSSR count). The van der Waals surface area contributed by atoms with Gasteiger partial charge in [0.1, 0.15) is 11.6 Å². The maximum absolute atomic E-state index is 13.8. The van der Waals surface area contributed by atoms with Crippen molar-refractivity contribution in [2.24, 2.45) is 0 Å². The summed E-state index contributed by atoms with van der Waals surface area (Å²) in [5.41, 5.74) is 7.47. The second-order valence-corrected chi connectivity index (χ2v) is 6.28. The van der Waals surface area contributed by atoms with Crippen molar-refractivity contribution in [1.82, 2.24) is 9.80 Å². The van der Waals surface area contributed by atoms with E-state index in [4.69, 9.17) is 5.73 Å². The number of hydrogen-bond acceptors (Lipinski definition) is 3. The molecule has 1 saturated heterocycles. The monoisotopic (exact) mass is 359 g/mol. The third kappa shape index (κ3) is 3.51. The van der Waals surface area contributed by atoms with Crippen LogP contribution in [0.1, 0.15) is 26.3 Å². The standard InChI is InChI=1S/C19H19F2N3O2/c1-12-2-4-14(22)11-16(12)19(26)24-8-6-23(7-9-24)18(25)15-5-3-13(20)10-17(15)21/h2-5,10-11H,6-9,22H2,1H3. The number of amides is 2. The lowest BCUT2D eigenvalue weighted by Crippen LogP contribution is -2.50. The summed E-state index contributed by atoms with van der Waals surface area (Å²) in [4.78, 5) is 28.2. The van der Waals surface area contributed by atoms with Gasteiger partial charge in [0.05, 0.1) is 5.56 Å². The molecule has 2 aromatic carbocycles. The van der Waals surface area contributed by atoms with Crippen molar-refractivity contribution in [2.75, 3.05) is 31.9 Å². The average Bonchev–Trinajstić information content (AvgIpc) is 2.63. The number of nitrogens with two attached hydrogens (primary N) is 1. The normalized spacial score (nSPS) is 14.4. The molecule has 2 amide bonds. The smallest absolute Gasteiger partial charge is 0.256 e. The fourth-order valence-electron chi connectivity index (χ4n) is 2.99. The third-order valence-electron chi connectivity index (χ3n) is 4.51. The molecular formula is C19H19F2N3O2. The molecule has 5 nitrogen and oxygen atoms in total. The summed E-state index contributed by atoms with van der Waals surface area (Å²) in [6.45, 7) is 3.07. The fraction of sp³-hybridized carbons (Fsp3) is 0.263. The Labute approximate surface area is 150 Å². The van der Waals surface area contributed by atoms with Crippen LogP contribution in [0.15, 0.2) is 36.4 Å². The second kappa shape index (κ2) is 7.11.